The molecule has 0 unspecified atom stereocenters. The van der Waals surface area contributed by atoms with Gasteiger partial charge in [-0.1, -0.05) is 23.7 Å². The number of aromatic amines is 1. The quantitative estimate of drug-likeness (QED) is 0.808. The molecule has 0 bridgehead atoms. The summed E-state index contributed by atoms with van der Waals surface area (Å²) in [4.78, 5) is 16.2. The number of nitrogens with one attached hydrogen (secondary N) is 1. The summed E-state index contributed by atoms with van der Waals surface area (Å²) in [6, 6.07) is 14.1. The molecule has 0 atom stereocenters. The zero-order valence-corrected chi connectivity index (χ0v) is 12.2. The van der Waals surface area contributed by atoms with Gasteiger partial charge in [0.2, 0.25) is 0 Å². The number of nitriles is 1. The monoisotopic (exact) mass is 310 g/mol. The molecule has 1 aromatic carbocycles. The molecule has 1 N–H and O–H groups in total. The second-order valence-corrected chi connectivity index (χ2v) is 5.21. The Bertz CT molecular complexity index is 903. The largest absolute Gasteiger partial charge is 0.293 e. The van der Waals surface area contributed by atoms with Crippen LogP contribution in [0.3, 0.4) is 0 Å². The summed E-state index contributed by atoms with van der Waals surface area (Å²) >= 11 is 5.86. The molecule has 0 aliphatic carbocycles. The highest BCUT2D eigenvalue weighted by atomic mass is 35.5. The fourth-order valence-corrected chi connectivity index (χ4v) is 2.26. The standard InChI is InChI=1S/C16H11ClN4O/c17-13-3-1-11(2-4-13)7-14-9-16(22)21(20-14)15-8-12(10-18)5-6-19-15/h1-6,8-9,20H,7H2. The van der Waals surface area contributed by atoms with Crippen molar-refractivity contribution in [1.29, 1.82) is 5.26 Å². The van der Waals surface area contributed by atoms with Crippen LogP contribution in [0, 0.1) is 11.3 Å². The van der Waals surface area contributed by atoms with Crippen LogP contribution in [0.2, 0.25) is 5.02 Å². The number of H-pyrrole nitrogens is 1. The molecule has 3 aromatic rings. The normalized spacial score (nSPS) is 10.4. The van der Waals surface area contributed by atoms with E-state index < -0.39 is 0 Å². The molecular weight excluding hydrogens is 300 g/mol. The van der Waals surface area contributed by atoms with E-state index in [9.17, 15) is 4.79 Å². The predicted octanol–water partition coefficient (Wildman–Crippen LogP) is 2.68. The molecule has 2 heterocycles. The molecule has 5 nitrogen and oxygen atoms in total. The summed E-state index contributed by atoms with van der Waals surface area (Å²) in [5.41, 5.74) is 2.03. The van der Waals surface area contributed by atoms with Gasteiger partial charge in [-0.15, -0.1) is 0 Å². The van der Waals surface area contributed by atoms with Crippen LogP contribution in [-0.4, -0.2) is 14.8 Å². The van der Waals surface area contributed by atoms with Crippen LogP contribution in [0.15, 0.2) is 53.5 Å². The van der Waals surface area contributed by atoms with Crippen molar-refractivity contribution in [1.82, 2.24) is 14.8 Å². The summed E-state index contributed by atoms with van der Waals surface area (Å²) in [7, 11) is 0. The van der Waals surface area contributed by atoms with Crippen LogP contribution in [0.4, 0.5) is 0 Å². The van der Waals surface area contributed by atoms with Gasteiger partial charge in [0, 0.05) is 35.5 Å². The van der Waals surface area contributed by atoms with E-state index in [0.29, 0.717) is 22.8 Å². The lowest BCUT2D eigenvalue weighted by Crippen LogP contribution is -2.14. The third-order valence-electron chi connectivity index (χ3n) is 3.19. The van der Waals surface area contributed by atoms with Crippen molar-refractivity contribution in [3.63, 3.8) is 0 Å². The number of benzene rings is 1. The van der Waals surface area contributed by atoms with Gasteiger partial charge >= 0.3 is 0 Å². The van der Waals surface area contributed by atoms with Crippen molar-refractivity contribution in [3.8, 4) is 11.9 Å². The number of aromatic nitrogens is 3. The second-order valence-electron chi connectivity index (χ2n) is 4.77. The van der Waals surface area contributed by atoms with Crippen molar-refractivity contribution < 1.29 is 0 Å². The number of rotatable bonds is 3. The molecule has 0 radical (unpaired) electrons. The summed E-state index contributed by atoms with van der Waals surface area (Å²) < 4.78 is 1.33. The second kappa shape index (κ2) is 5.88. The molecule has 3 rings (SSSR count). The van der Waals surface area contributed by atoms with E-state index in [2.05, 4.69) is 10.1 Å². The smallest absolute Gasteiger partial charge is 0.272 e. The fraction of sp³-hybridized carbons (Fsp3) is 0.0625. The van der Waals surface area contributed by atoms with Gasteiger partial charge in [0.15, 0.2) is 5.82 Å². The van der Waals surface area contributed by atoms with Crippen LogP contribution >= 0.6 is 11.6 Å². The number of nitrogens with zero attached hydrogens (tertiary/aromatic N) is 3. The Morgan fingerprint density at radius 3 is 2.73 bits per heavy atom. The minimum Gasteiger partial charge on any atom is -0.293 e. The van der Waals surface area contributed by atoms with Gasteiger partial charge in [-0.05, 0) is 23.8 Å². The first-order valence-corrected chi connectivity index (χ1v) is 6.95. The van der Waals surface area contributed by atoms with Gasteiger partial charge < -0.3 is 0 Å². The average molecular weight is 311 g/mol. The molecule has 0 amide bonds. The predicted molar refractivity (Wildman–Crippen MR) is 83.2 cm³/mol. The Labute approximate surface area is 131 Å². The topological polar surface area (TPSA) is 74.5 Å². The molecule has 0 saturated carbocycles. The third-order valence-corrected chi connectivity index (χ3v) is 3.44. The van der Waals surface area contributed by atoms with Gasteiger partial charge in [0.25, 0.3) is 5.56 Å². The average Bonchev–Trinajstić information content (AvgIpc) is 2.90. The highest BCUT2D eigenvalue weighted by molar-refractivity contribution is 6.30. The van der Waals surface area contributed by atoms with E-state index in [1.54, 1.807) is 12.1 Å². The van der Waals surface area contributed by atoms with Crippen molar-refractivity contribution in [3.05, 3.63) is 80.9 Å². The van der Waals surface area contributed by atoms with Crippen molar-refractivity contribution in [2.45, 2.75) is 6.42 Å². The summed E-state index contributed by atoms with van der Waals surface area (Å²) in [5, 5.41) is 12.6. The zero-order valence-electron chi connectivity index (χ0n) is 11.5. The first-order chi connectivity index (χ1) is 10.7. The van der Waals surface area contributed by atoms with Crippen molar-refractivity contribution in [2.24, 2.45) is 0 Å². The first-order valence-electron chi connectivity index (χ1n) is 6.57. The molecule has 0 saturated heterocycles. The highest BCUT2D eigenvalue weighted by Crippen LogP contribution is 2.12. The van der Waals surface area contributed by atoms with Gasteiger partial charge in [-0.25, -0.2) is 9.67 Å². The maximum atomic E-state index is 12.1. The molecule has 22 heavy (non-hydrogen) atoms. The Balaban J connectivity index is 1.92. The minimum absolute atomic E-state index is 0.216. The molecule has 0 aliphatic heterocycles. The highest BCUT2D eigenvalue weighted by Gasteiger charge is 2.07. The van der Waals surface area contributed by atoms with E-state index in [-0.39, 0.29) is 5.56 Å². The molecule has 0 fully saturated rings. The molecule has 2 aromatic heterocycles. The van der Waals surface area contributed by atoms with Crippen LogP contribution in [0.5, 0.6) is 0 Å². The first kappa shape index (κ1) is 14.1. The maximum Gasteiger partial charge on any atom is 0.272 e. The summed E-state index contributed by atoms with van der Waals surface area (Å²) in [6.45, 7) is 0. The lowest BCUT2D eigenvalue weighted by molar-refractivity contribution is 0.798. The molecule has 0 spiro atoms. The Morgan fingerprint density at radius 1 is 1.23 bits per heavy atom. The third kappa shape index (κ3) is 2.92. The van der Waals surface area contributed by atoms with Gasteiger partial charge in [-0.3, -0.25) is 9.89 Å². The van der Waals surface area contributed by atoms with Crippen molar-refractivity contribution >= 4 is 11.6 Å². The van der Waals surface area contributed by atoms with E-state index in [1.807, 2.05) is 30.3 Å². The van der Waals surface area contributed by atoms with E-state index in [1.165, 1.54) is 16.9 Å². The molecule has 0 aliphatic rings. The van der Waals surface area contributed by atoms with Crippen LogP contribution < -0.4 is 5.56 Å². The molecule has 108 valence electrons. The number of hydrogen-bond donors (Lipinski definition) is 1. The van der Waals surface area contributed by atoms with Gasteiger partial charge in [0.1, 0.15) is 0 Å². The molecular formula is C16H11ClN4O. The van der Waals surface area contributed by atoms with Crippen LogP contribution in [0.25, 0.3) is 5.82 Å². The number of pyridine rings is 1. The Morgan fingerprint density at radius 2 is 2.00 bits per heavy atom. The Kier molecular flexibility index (Phi) is 3.77. The maximum absolute atomic E-state index is 12.1. The van der Waals surface area contributed by atoms with E-state index in [0.717, 1.165) is 11.3 Å². The zero-order chi connectivity index (χ0) is 15.5. The van der Waals surface area contributed by atoms with E-state index >= 15 is 0 Å². The summed E-state index contributed by atoms with van der Waals surface area (Å²) in [6.07, 6.45) is 2.08. The number of hydrogen-bond acceptors (Lipinski definition) is 3. The van der Waals surface area contributed by atoms with Crippen LogP contribution in [-0.2, 0) is 6.42 Å². The van der Waals surface area contributed by atoms with Crippen LogP contribution in [0.1, 0.15) is 16.8 Å². The number of halogens is 1. The lowest BCUT2D eigenvalue weighted by atomic mass is 10.1. The van der Waals surface area contributed by atoms with E-state index in [4.69, 9.17) is 16.9 Å². The van der Waals surface area contributed by atoms with Gasteiger partial charge in [0.05, 0.1) is 11.6 Å². The summed E-state index contributed by atoms with van der Waals surface area (Å²) in [5.74, 6) is 0.395. The molecule has 6 heteroatoms. The minimum atomic E-state index is -0.216. The SMILES string of the molecule is N#Cc1ccnc(-n2[nH]c(Cc3ccc(Cl)cc3)cc2=O)c1. The van der Waals surface area contributed by atoms with Crippen molar-refractivity contribution in [2.75, 3.05) is 0 Å². The fourth-order valence-electron chi connectivity index (χ4n) is 2.14. The van der Waals surface area contributed by atoms with Gasteiger partial charge in [-0.2, -0.15) is 5.26 Å². The Hall–Kier alpha value is -2.84. The lowest BCUT2D eigenvalue weighted by Gasteiger charge is -2.02.